The number of nitrogens with one attached hydrogen (secondary N) is 1. The molecule has 8 nitrogen and oxygen atoms in total. The van der Waals surface area contributed by atoms with Crippen molar-refractivity contribution in [2.24, 2.45) is 0 Å². The summed E-state index contributed by atoms with van der Waals surface area (Å²) in [4.78, 5) is 13.4. The first-order valence-electron chi connectivity index (χ1n) is 12.0. The van der Waals surface area contributed by atoms with Gasteiger partial charge in [-0.1, -0.05) is 0 Å². The molecule has 0 aromatic carbocycles. The highest BCUT2D eigenvalue weighted by atomic mass is 19.3. The highest BCUT2D eigenvalue weighted by molar-refractivity contribution is 5.85. The molecule has 2 aliphatic rings. The number of aryl methyl sites for hydroxylation is 1. The van der Waals surface area contributed by atoms with Gasteiger partial charge in [0.2, 0.25) is 5.95 Å². The molecule has 190 valence electrons. The largest absolute Gasteiger partial charge is 0.350 e. The van der Waals surface area contributed by atoms with Gasteiger partial charge in [-0.15, -0.1) is 5.10 Å². The molecule has 12 heteroatoms. The van der Waals surface area contributed by atoms with Gasteiger partial charge in [0.05, 0.1) is 23.3 Å². The average molecular weight is 504 g/mol. The lowest BCUT2D eigenvalue weighted by molar-refractivity contribution is -0.169. The van der Waals surface area contributed by atoms with Crippen molar-refractivity contribution < 1.29 is 22.3 Å². The number of nitrogens with zero attached hydrogens (tertiary/aromatic N) is 6. The summed E-state index contributed by atoms with van der Waals surface area (Å²) in [6, 6.07) is 3.64. The second-order valence-electron chi connectivity index (χ2n) is 9.67. The van der Waals surface area contributed by atoms with Crippen LogP contribution in [0.5, 0.6) is 0 Å². The van der Waals surface area contributed by atoms with Crippen LogP contribution in [-0.2, 0) is 4.74 Å². The van der Waals surface area contributed by atoms with Crippen molar-refractivity contribution in [3.05, 3.63) is 36.5 Å². The third-order valence-electron chi connectivity index (χ3n) is 7.19. The average Bonchev–Trinajstić information content (AvgIpc) is 3.37. The van der Waals surface area contributed by atoms with Crippen molar-refractivity contribution in [1.29, 1.82) is 0 Å². The molecule has 0 amide bonds. The first kappa shape index (κ1) is 23.1. The Morgan fingerprint density at radius 2 is 1.86 bits per heavy atom. The lowest BCUT2D eigenvalue weighted by atomic mass is 9.87. The van der Waals surface area contributed by atoms with Crippen LogP contribution in [0.2, 0.25) is 0 Å². The molecule has 4 aromatic rings. The third kappa shape index (κ3) is 4.27. The predicted octanol–water partition coefficient (Wildman–Crippen LogP) is 5.38. The van der Waals surface area contributed by atoms with E-state index in [0.29, 0.717) is 43.1 Å². The minimum atomic E-state index is -2.74. The Balaban J connectivity index is 1.22. The normalized spacial score (nSPS) is 22.4. The van der Waals surface area contributed by atoms with Gasteiger partial charge in [-0.2, -0.15) is 8.78 Å². The van der Waals surface area contributed by atoms with Gasteiger partial charge in [0.1, 0.15) is 5.82 Å². The molecule has 0 radical (unpaired) electrons. The van der Waals surface area contributed by atoms with Crippen molar-refractivity contribution >= 4 is 22.6 Å². The number of alkyl halides is 4. The van der Waals surface area contributed by atoms with Crippen LogP contribution in [0.25, 0.3) is 27.8 Å². The van der Waals surface area contributed by atoms with E-state index in [1.165, 1.54) is 0 Å². The lowest BCUT2D eigenvalue weighted by Gasteiger charge is -2.36. The van der Waals surface area contributed by atoms with Gasteiger partial charge >= 0.3 is 6.61 Å². The van der Waals surface area contributed by atoms with Gasteiger partial charge in [0, 0.05) is 48.4 Å². The molecule has 2 aliphatic carbocycles. The Morgan fingerprint density at radius 3 is 2.58 bits per heavy atom. The van der Waals surface area contributed by atoms with Crippen molar-refractivity contribution in [3.63, 3.8) is 0 Å². The summed E-state index contributed by atoms with van der Waals surface area (Å²) in [6.07, 6.45) is 6.97. The molecule has 6 rings (SSSR count). The number of ether oxygens (including phenoxy) is 1. The zero-order valence-electron chi connectivity index (χ0n) is 19.5. The molecular formula is C24H25F4N7O. The molecule has 0 atom stereocenters. The van der Waals surface area contributed by atoms with Crippen LogP contribution in [0.3, 0.4) is 0 Å². The molecule has 0 unspecified atom stereocenters. The highest BCUT2D eigenvalue weighted by Crippen LogP contribution is 2.47. The van der Waals surface area contributed by atoms with Crippen LogP contribution in [0.15, 0.2) is 30.7 Å². The van der Waals surface area contributed by atoms with Gasteiger partial charge in [-0.25, -0.2) is 28.2 Å². The van der Waals surface area contributed by atoms with Crippen molar-refractivity contribution in [2.45, 2.75) is 76.2 Å². The molecule has 0 saturated heterocycles. The standard InChI is InChI=1S/C24H25F4N7O/c1-13-31-21-19(35(13)16-9-24(27,28)10-16)8-14(11-29-21)18-6-7-34-20(18)12-30-23(33-34)32-15-2-4-17(5-3-15)36-22(25)26/h6-8,11-12,15-17,22H,2-5,9-10H2,1H3,(H,32,33)/t15-,17-. The SMILES string of the molecule is Cc1nc2ncc(-c3ccn4nc(N[C@H]5CC[C@H](OC(F)F)CC5)ncc34)cc2n1C1CC(F)(F)C1. The summed E-state index contributed by atoms with van der Waals surface area (Å²) >= 11 is 0. The molecule has 4 heterocycles. The summed E-state index contributed by atoms with van der Waals surface area (Å²) in [5, 5.41) is 7.85. The number of pyridine rings is 1. The Hall–Kier alpha value is -3.28. The van der Waals surface area contributed by atoms with Crippen LogP contribution in [0.1, 0.15) is 50.4 Å². The molecule has 4 aromatic heterocycles. The van der Waals surface area contributed by atoms with Crippen LogP contribution in [0.4, 0.5) is 23.5 Å². The number of hydrogen-bond donors (Lipinski definition) is 1. The number of imidazole rings is 1. The van der Waals surface area contributed by atoms with E-state index in [0.717, 1.165) is 22.2 Å². The van der Waals surface area contributed by atoms with E-state index in [4.69, 9.17) is 0 Å². The van der Waals surface area contributed by atoms with E-state index in [1.54, 1.807) is 16.9 Å². The Bertz CT molecular complexity index is 1400. The first-order valence-corrected chi connectivity index (χ1v) is 12.0. The van der Waals surface area contributed by atoms with Gasteiger partial charge in [-0.05, 0) is 44.7 Å². The van der Waals surface area contributed by atoms with E-state index in [9.17, 15) is 17.6 Å². The molecule has 0 bridgehead atoms. The fourth-order valence-corrected chi connectivity index (χ4v) is 5.39. The molecule has 2 fully saturated rings. The number of rotatable bonds is 6. The topological polar surface area (TPSA) is 82.2 Å². The molecule has 0 spiro atoms. The Morgan fingerprint density at radius 1 is 1.08 bits per heavy atom. The first-order chi connectivity index (χ1) is 17.3. The van der Waals surface area contributed by atoms with Crippen molar-refractivity contribution in [2.75, 3.05) is 5.32 Å². The number of anilines is 1. The molecular weight excluding hydrogens is 478 g/mol. The number of fused-ring (bicyclic) bond motifs is 2. The second kappa shape index (κ2) is 8.68. The fourth-order valence-electron chi connectivity index (χ4n) is 5.39. The van der Waals surface area contributed by atoms with Gasteiger partial charge in [-0.3, -0.25) is 0 Å². The summed E-state index contributed by atoms with van der Waals surface area (Å²) in [7, 11) is 0. The Labute approximate surface area is 203 Å². The Kier molecular flexibility index (Phi) is 5.58. The van der Waals surface area contributed by atoms with Crippen molar-refractivity contribution in [1.82, 2.24) is 29.1 Å². The maximum absolute atomic E-state index is 13.5. The van der Waals surface area contributed by atoms with Crippen LogP contribution in [0, 0.1) is 6.92 Å². The summed E-state index contributed by atoms with van der Waals surface area (Å²) in [5.74, 6) is -1.50. The zero-order valence-corrected chi connectivity index (χ0v) is 19.5. The van der Waals surface area contributed by atoms with E-state index in [2.05, 4.69) is 30.1 Å². The van der Waals surface area contributed by atoms with E-state index < -0.39 is 18.6 Å². The van der Waals surface area contributed by atoms with Crippen LogP contribution in [-0.4, -0.2) is 53.8 Å². The smallest absolute Gasteiger partial charge is 0.345 e. The van der Waals surface area contributed by atoms with Gasteiger partial charge in [0.25, 0.3) is 5.92 Å². The summed E-state index contributed by atoms with van der Waals surface area (Å²) in [5.41, 5.74) is 3.72. The maximum atomic E-state index is 13.5. The number of halogens is 4. The van der Waals surface area contributed by atoms with E-state index in [-0.39, 0.29) is 24.9 Å². The van der Waals surface area contributed by atoms with Crippen LogP contribution >= 0.6 is 0 Å². The minimum absolute atomic E-state index is 0.0871. The lowest BCUT2D eigenvalue weighted by Crippen LogP contribution is -2.37. The molecule has 0 aliphatic heterocycles. The second-order valence-corrected chi connectivity index (χ2v) is 9.67. The molecule has 1 N–H and O–H groups in total. The van der Waals surface area contributed by atoms with Gasteiger partial charge < -0.3 is 14.6 Å². The summed E-state index contributed by atoms with van der Waals surface area (Å²) < 4.78 is 60.1. The van der Waals surface area contributed by atoms with E-state index >= 15 is 0 Å². The maximum Gasteiger partial charge on any atom is 0.345 e. The predicted molar refractivity (Wildman–Crippen MR) is 124 cm³/mol. The van der Waals surface area contributed by atoms with E-state index in [1.807, 2.05) is 29.8 Å². The number of aromatic nitrogens is 6. The number of hydrogen-bond acceptors (Lipinski definition) is 6. The zero-order chi connectivity index (χ0) is 25.0. The monoisotopic (exact) mass is 503 g/mol. The minimum Gasteiger partial charge on any atom is -0.350 e. The van der Waals surface area contributed by atoms with Crippen LogP contribution < -0.4 is 5.32 Å². The molecule has 36 heavy (non-hydrogen) atoms. The van der Waals surface area contributed by atoms with Gasteiger partial charge in [0.15, 0.2) is 5.65 Å². The quantitative estimate of drug-likeness (QED) is 0.356. The summed E-state index contributed by atoms with van der Waals surface area (Å²) in [6.45, 7) is -0.927. The third-order valence-corrected chi connectivity index (χ3v) is 7.19. The molecule has 2 saturated carbocycles. The highest BCUT2D eigenvalue weighted by Gasteiger charge is 2.47. The fraction of sp³-hybridized carbons (Fsp3) is 0.500. The van der Waals surface area contributed by atoms with Crippen molar-refractivity contribution in [3.8, 4) is 11.1 Å².